The molecule has 2 bridgehead atoms. The van der Waals surface area contributed by atoms with Crippen molar-refractivity contribution in [1.29, 1.82) is 0 Å². The molecular weight excluding hydrogens is 182 g/mol. The maximum atomic E-state index is 11.6. The standard InChI is InChI=1S/C10H11NO3/c1-2-10-4-3-5(14-10)6-7(10)9(13)11-8(6)12/h3-7H,2H2,1H3,(H,11,12,13)/t5-,6-,7+,10+/m1/s1. The first-order chi connectivity index (χ1) is 6.68. The Balaban J connectivity index is 2.10. The van der Waals surface area contributed by atoms with Gasteiger partial charge in [-0.1, -0.05) is 19.1 Å². The van der Waals surface area contributed by atoms with Crippen LogP contribution in [0.25, 0.3) is 0 Å². The largest absolute Gasteiger partial charge is 0.362 e. The highest BCUT2D eigenvalue weighted by Crippen LogP contribution is 2.50. The van der Waals surface area contributed by atoms with E-state index in [2.05, 4.69) is 5.32 Å². The number of amides is 2. The van der Waals surface area contributed by atoms with E-state index >= 15 is 0 Å². The molecule has 2 saturated heterocycles. The van der Waals surface area contributed by atoms with E-state index < -0.39 is 5.60 Å². The number of rotatable bonds is 1. The molecule has 2 amide bonds. The van der Waals surface area contributed by atoms with E-state index in [4.69, 9.17) is 4.74 Å². The third-order valence-electron chi connectivity index (χ3n) is 3.55. The third kappa shape index (κ3) is 0.696. The van der Waals surface area contributed by atoms with Gasteiger partial charge in [0.1, 0.15) is 0 Å². The van der Waals surface area contributed by atoms with Gasteiger partial charge in [-0.2, -0.15) is 0 Å². The molecule has 1 N–H and O–H groups in total. The summed E-state index contributed by atoms with van der Waals surface area (Å²) in [4.78, 5) is 23.0. The van der Waals surface area contributed by atoms with Crippen molar-refractivity contribution in [3.63, 3.8) is 0 Å². The topological polar surface area (TPSA) is 55.4 Å². The molecule has 3 aliphatic heterocycles. The number of carbonyl (C=O) groups excluding carboxylic acids is 2. The maximum Gasteiger partial charge on any atom is 0.233 e. The lowest BCUT2D eigenvalue weighted by Gasteiger charge is -2.25. The van der Waals surface area contributed by atoms with Crippen LogP contribution < -0.4 is 5.32 Å². The molecule has 0 aromatic rings. The zero-order valence-corrected chi connectivity index (χ0v) is 7.82. The van der Waals surface area contributed by atoms with Gasteiger partial charge in [-0.25, -0.2) is 0 Å². The minimum atomic E-state index is -0.508. The molecular formula is C10H11NO3. The SMILES string of the molecule is CC[C@@]12C=C[C@@H](O1)[C@H]1C(=O)NC(=O)[C@H]12. The van der Waals surface area contributed by atoms with Gasteiger partial charge in [-0.05, 0) is 6.42 Å². The maximum absolute atomic E-state index is 11.6. The van der Waals surface area contributed by atoms with Gasteiger partial charge >= 0.3 is 0 Å². The molecule has 3 rings (SSSR count). The van der Waals surface area contributed by atoms with Crippen molar-refractivity contribution in [2.45, 2.75) is 25.0 Å². The average Bonchev–Trinajstić information content (AvgIpc) is 2.78. The number of fused-ring (bicyclic) bond motifs is 5. The first-order valence-electron chi connectivity index (χ1n) is 4.90. The molecule has 0 aliphatic carbocycles. The zero-order chi connectivity index (χ0) is 9.92. The fourth-order valence-corrected chi connectivity index (χ4v) is 2.84. The summed E-state index contributed by atoms with van der Waals surface area (Å²) in [6.07, 6.45) is 4.40. The van der Waals surface area contributed by atoms with Crippen molar-refractivity contribution < 1.29 is 14.3 Å². The van der Waals surface area contributed by atoms with Crippen LogP contribution in [0.5, 0.6) is 0 Å². The lowest BCUT2D eigenvalue weighted by atomic mass is 9.76. The van der Waals surface area contributed by atoms with Crippen molar-refractivity contribution in [2.75, 3.05) is 0 Å². The molecule has 0 aromatic heterocycles. The second kappa shape index (κ2) is 2.25. The van der Waals surface area contributed by atoms with Gasteiger partial charge in [0, 0.05) is 0 Å². The Labute approximate surface area is 81.3 Å². The molecule has 0 unspecified atom stereocenters. The van der Waals surface area contributed by atoms with Crippen molar-refractivity contribution in [2.24, 2.45) is 11.8 Å². The van der Waals surface area contributed by atoms with Crippen LogP contribution in [0.1, 0.15) is 13.3 Å². The molecule has 2 fully saturated rings. The normalized spacial score (nSPS) is 48.5. The summed E-state index contributed by atoms with van der Waals surface area (Å²) in [5.41, 5.74) is -0.508. The molecule has 3 heterocycles. The summed E-state index contributed by atoms with van der Waals surface area (Å²) in [5, 5.41) is 2.38. The van der Waals surface area contributed by atoms with E-state index in [-0.39, 0.29) is 29.8 Å². The Bertz CT molecular complexity index is 362. The number of carbonyl (C=O) groups is 2. The molecule has 0 spiro atoms. The fraction of sp³-hybridized carbons (Fsp3) is 0.600. The first-order valence-corrected chi connectivity index (χ1v) is 4.90. The lowest BCUT2D eigenvalue weighted by molar-refractivity contribution is -0.130. The first kappa shape index (κ1) is 8.17. The number of hydrogen-bond donors (Lipinski definition) is 1. The fourth-order valence-electron chi connectivity index (χ4n) is 2.84. The van der Waals surface area contributed by atoms with E-state index in [9.17, 15) is 9.59 Å². The molecule has 0 aromatic carbocycles. The minimum Gasteiger partial charge on any atom is -0.362 e. The van der Waals surface area contributed by atoms with Crippen molar-refractivity contribution >= 4 is 11.8 Å². The second-order valence-corrected chi connectivity index (χ2v) is 4.11. The Morgan fingerprint density at radius 3 is 3.00 bits per heavy atom. The number of nitrogens with one attached hydrogen (secondary N) is 1. The van der Waals surface area contributed by atoms with Gasteiger partial charge in [0.05, 0.1) is 23.5 Å². The highest BCUT2D eigenvalue weighted by molar-refractivity contribution is 6.07. The van der Waals surface area contributed by atoms with Gasteiger partial charge in [0.15, 0.2) is 0 Å². The average molecular weight is 193 g/mol. The quantitative estimate of drug-likeness (QED) is 0.471. The highest BCUT2D eigenvalue weighted by Gasteiger charge is 2.64. The van der Waals surface area contributed by atoms with Crippen LogP contribution in [0.3, 0.4) is 0 Å². The molecule has 4 atom stereocenters. The Morgan fingerprint density at radius 2 is 2.29 bits per heavy atom. The van der Waals surface area contributed by atoms with Gasteiger partial charge in [-0.15, -0.1) is 0 Å². The van der Waals surface area contributed by atoms with Crippen LogP contribution in [-0.2, 0) is 14.3 Å². The van der Waals surface area contributed by atoms with Crippen LogP contribution >= 0.6 is 0 Å². The van der Waals surface area contributed by atoms with E-state index in [0.29, 0.717) is 0 Å². The van der Waals surface area contributed by atoms with E-state index in [0.717, 1.165) is 6.42 Å². The summed E-state index contributed by atoms with van der Waals surface area (Å²) in [6, 6.07) is 0. The highest BCUT2D eigenvalue weighted by atomic mass is 16.5. The number of imide groups is 1. The Hall–Kier alpha value is -1.16. The number of ether oxygens (including phenoxy) is 1. The lowest BCUT2D eigenvalue weighted by Crippen LogP contribution is -2.38. The predicted molar refractivity (Wildman–Crippen MR) is 47.2 cm³/mol. The minimum absolute atomic E-state index is 0.172. The summed E-state index contributed by atoms with van der Waals surface area (Å²) in [5.74, 6) is -0.930. The second-order valence-electron chi connectivity index (χ2n) is 4.11. The summed E-state index contributed by atoms with van der Waals surface area (Å²) < 4.78 is 5.72. The molecule has 0 radical (unpaired) electrons. The Kier molecular flexibility index (Phi) is 1.32. The van der Waals surface area contributed by atoms with Crippen LogP contribution in [0, 0.1) is 11.8 Å². The molecule has 14 heavy (non-hydrogen) atoms. The molecule has 4 nitrogen and oxygen atoms in total. The van der Waals surface area contributed by atoms with Crippen molar-refractivity contribution in [1.82, 2.24) is 5.32 Å². The van der Waals surface area contributed by atoms with E-state index in [1.54, 1.807) is 0 Å². The molecule has 3 aliphatic rings. The summed E-state index contributed by atoms with van der Waals surface area (Å²) >= 11 is 0. The van der Waals surface area contributed by atoms with Crippen LogP contribution in [-0.4, -0.2) is 23.5 Å². The van der Waals surface area contributed by atoms with Crippen LogP contribution in [0.15, 0.2) is 12.2 Å². The number of hydrogen-bond acceptors (Lipinski definition) is 3. The van der Waals surface area contributed by atoms with Gasteiger partial charge in [0.25, 0.3) is 0 Å². The zero-order valence-electron chi connectivity index (χ0n) is 7.82. The van der Waals surface area contributed by atoms with E-state index in [1.165, 1.54) is 0 Å². The summed E-state index contributed by atoms with van der Waals surface area (Å²) in [6.45, 7) is 1.98. The predicted octanol–water partition coefficient (Wildman–Crippen LogP) is -0.00740. The molecule has 4 heteroatoms. The van der Waals surface area contributed by atoms with Gasteiger partial charge < -0.3 is 4.74 Å². The smallest absolute Gasteiger partial charge is 0.233 e. The molecule has 0 saturated carbocycles. The van der Waals surface area contributed by atoms with Crippen LogP contribution in [0.2, 0.25) is 0 Å². The third-order valence-corrected chi connectivity index (χ3v) is 3.55. The van der Waals surface area contributed by atoms with Crippen molar-refractivity contribution in [3.8, 4) is 0 Å². The molecule has 74 valence electrons. The van der Waals surface area contributed by atoms with Crippen molar-refractivity contribution in [3.05, 3.63) is 12.2 Å². The van der Waals surface area contributed by atoms with Crippen LogP contribution in [0.4, 0.5) is 0 Å². The van der Waals surface area contributed by atoms with Gasteiger partial charge in [-0.3, -0.25) is 14.9 Å². The van der Waals surface area contributed by atoms with E-state index in [1.807, 2.05) is 19.1 Å². The Morgan fingerprint density at radius 1 is 1.50 bits per heavy atom. The monoisotopic (exact) mass is 193 g/mol. The van der Waals surface area contributed by atoms with Gasteiger partial charge in [0.2, 0.25) is 11.8 Å². The summed E-state index contributed by atoms with van der Waals surface area (Å²) in [7, 11) is 0.